The number of hydrogen-bond donors (Lipinski definition) is 1. The maximum atomic E-state index is 3.98. The molecule has 0 radical (unpaired) electrons. The molecule has 3 aliphatic heterocycles. The first-order valence-corrected chi connectivity index (χ1v) is 9.54. The zero-order valence-corrected chi connectivity index (χ0v) is 13.8. The first-order chi connectivity index (χ1) is 10.3. The molecule has 4 rings (SSSR count). The maximum absolute atomic E-state index is 3.98. The van der Waals surface area contributed by atoms with Gasteiger partial charge in [0, 0.05) is 43.8 Å². The van der Waals surface area contributed by atoms with Crippen LogP contribution in [0, 0.1) is 5.92 Å². The Kier molecular flexibility index (Phi) is 4.25. The summed E-state index contributed by atoms with van der Waals surface area (Å²) in [5.41, 5.74) is 0. The fourth-order valence-corrected chi connectivity index (χ4v) is 5.52. The second-order valence-corrected chi connectivity index (χ2v) is 8.20. The van der Waals surface area contributed by atoms with Gasteiger partial charge in [-0.1, -0.05) is 19.3 Å². The largest absolute Gasteiger partial charge is 0.310 e. The molecule has 1 N–H and O–H groups in total. The summed E-state index contributed by atoms with van der Waals surface area (Å²) >= 11 is 0. The molecule has 21 heavy (non-hydrogen) atoms. The first-order valence-electron chi connectivity index (χ1n) is 9.54. The Hall–Kier alpha value is -0.120. The molecular formula is C18H33N3. The van der Waals surface area contributed by atoms with Crippen LogP contribution in [0.1, 0.15) is 58.3 Å². The van der Waals surface area contributed by atoms with E-state index in [4.69, 9.17) is 0 Å². The Labute approximate surface area is 130 Å². The van der Waals surface area contributed by atoms with Crippen molar-refractivity contribution in [1.82, 2.24) is 15.1 Å². The van der Waals surface area contributed by atoms with Crippen molar-refractivity contribution in [3.05, 3.63) is 0 Å². The van der Waals surface area contributed by atoms with Crippen LogP contribution in [0.4, 0.5) is 0 Å². The van der Waals surface area contributed by atoms with E-state index >= 15 is 0 Å². The lowest BCUT2D eigenvalue weighted by molar-refractivity contribution is 0.0114. The van der Waals surface area contributed by atoms with Crippen molar-refractivity contribution >= 4 is 0 Å². The highest BCUT2D eigenvalue weighted by atomic mass is 15.3. The first kappa shape index (κ1) is 14.5. The summed E-state index contributed by atoms with van der Waals surface area (Å²) in [5.74, 6) is 0.995. The van der Waals surface area contributed by atoms with Crippen molar-refractivity contribution in [2.45, 2.75) is 82.5 Å². The summed E-state index contributed by atoms with van der Waals surface area (Å²) in [7, 11) is 0. The third-order valence-corrected chi connectivity index (χ3v) is 6.72. The molecule has 0 aromatic carbocycles. The minimum Gasteiger partial charge on any atom is -0.310 e. The summed E-state index contributed by atoms with van der Waals surface area (Å²) in [6.45, 7) is 7.75. The third-order valence-electron chi connectivity index (χ3n) is 6.72. The predicted molar refractivity (Wildman–Crippen MR) is 87.5 cm³/mol. The minimum atomic E-state index is 0.753. The van der Waals surface area contributed by atoms with Gasteiger partial charge in [0.1, 0.15) is 0 Å². The standard InChI is InChI=1S/C18H33N3/c1-14-11-20-9-5-4-7-17(20)13-21(14)12-16-10-15-6-2-3-8-18(15)19-16/h14-19H,2-13H2,1H3. The Morgan fingerprint density at radius 1 is 1.00 bits per heavy atom. The number of nitrogens with zero attached hydrogens (tertiary/aromatic N) is 2. The monoisotopic (exact) mass is 291 g/mol. The van der Waals surface area contributed by atoms with Gasteiger partial charge in [0.25, 0.3) is 0 Å². The summed E-state index contributed by atoms with van der Waals surface area (Å²) in [5, 5.41) is 3.98. The normalized spacial score (nSPS) is 45.3. The summed E-state index contributed by atoms with van der Waals surface area (Å²) in [6.07, 6.45) is 11.6. The highest BCUT2D eigenvalue weighted by Crippen LogP contribution is 2.34. The topological polar surface area (TPSA) is 18.5 Å². The molecule has 0 aromatic rings. The van der Waals surface area contributed by atoms with Crippen molar-refractivity contribution in [2.24, 2.45) is 5.92 Å². The van der Waals surface area contributed by atoms with Crippen LogP contribution in [0.5, 0.6) is 0 Å². The fourth-order valence-electron chi connectivity index (χ4n) is 5.52. The lowest BCUT2D eigenvalue weighted by atomic mass is 9.85. The number of fused-ring (bicyclic) bond motifs is 2. The lowest BCUT2D eigenvalue weighted by Gasteiger charge is -2.48. The Balaban J connectivity index is 1.34. The molecular weight excluding hydrogens is 258 g/mol. The average molecular weight is 291 g/mol. The van der Waals surface area contributed by atoms with Gasteiger partial charge in [-0.15, -0.1) is 0 Å². The van der Waals surface area contributed by atoms with E-state index in [9.17, 15) is 0 Å². The van der Waals surface area contributed by atoms with Crippen LogP contribution in [0.2, 0.25) is 0 Å². The van der Waals surface area contributed by atoms with Crippen molar-refractivity contribution < 1.29 is 0 Å². The predicted octanol–water partition coefficient (Wildman–Crippen LogP) is 2.47. The summed E-state index contributed by atoms with van der Waals surface area (Å²) < 4.78 is 0. The van der Waals surface area contributed by atoms with E-state index in [-0.39, 0.29) is 0 Å². The summed E-state index contributed by atoms with van der Waals surface area (Å²) in [6, 6.07) is 3.24. The second-order valence-electron chi connectivity index (χ2n) is 8.20. The van der Waals surface area contributed by atoms with Crippen LogP contribution in [-0.2, 0) is 0 Å². The van der Waals surface area contributed by atoms with Gasteiger partial charge in [-0.25, -0.2) is 0 Å². The van der Waals surface area contributed by atoms with Crippen LogP contribution < -0.4 is 5.32 Å². The molecule has 3 heteroatoms. The molecule has 0 amide bonds. The summed E-state index contributed by atoms with van der Waals surface area (Å²) in [4.78, 5) is 5.58. The van der Waals surface area contributed by atoms with Crippen molar-refractivity contribution in [3.8, 4) is 0 Å². The molecule has 5 atom stereocenters. The number of piperazine rings is 1. The molecule has 3 nitrogen and oxygen atoms in total. The van der Waals surface area contributed by atoms with Gasteiger partial charge in [0.2, 0.25) is 0 Å². The van der Waals surface area contributed by atoms with Gasteiger partial charge >= 0.3 is 0 Å². The molecule has 120 valence electrons. The highest BCUT2D eigenvalue weighted by molar-refractivity contribution is 4.96. The molecule has 0 spiro atoms. The fraction of sp³-hybridized carbons (Fsp3) is 1.00. The van der Waals surface area contributed by atoms with Crippen molar-refractivity contribution in [1.29, 1.82) is 0 Å². The number of rotatable bonds is 2. The zero-order valence-electron chi connectivity index (χ0n) is 13.8. The van der Waals surface area contributed by atoms with E-state index in [1.54, 1.807) is 0 Å². The Morgan fingerprint density at radius 3 is 2.76 bits per heavy atom. The van der Waals surface area contributed by atoms with E-state index in [2.05, 4.69) is 22.0 Å². The van der Waals surface area contributed by atoms with E-state index in [1.165, 1.54) is 77.5 Å². The maximum Gasteiger partial charge on any atom is 0.0223 e. The third kappa shape index (κ3) is 3.02. The van der Waals surface area contributed by atoms with Crippen LogP contribution in [0.25, 0.3) is 0 Å². The van der Waals surface area contributed by atoms with Crippen LogP contribution in [0.15, 0.2) is 0 Å². The lowest BCUT2D eigenvalue weighted by Crippen LogP contribution is -2.60. The molecule has 3 heterocycles. The van der Waals surface area contributed by atoms with E-state index in [1.807, 2.05) is 0 Å². The number of nitrogens with one attached hydrogen (secondary N) is 1. The molecule has 5 unspecified atom stereocenters. The van der Waals surface area contributed by atoms with Crippen LogP contribution in [-0.4, -0.2) is 60.1 Å². The highest BCUT2D eigenvalue weighted by Gasteiger charge is 2.38. The molecule has 1 aliphatic carbocycles. The zero-order chi connectivity index (χ0) is 14.2. The van der Waals surface area contributed by atoms with Gasteiger partial charge in [-0.3, -0.25) is 9.80 Å². The molecule has 4 aliphatic rings. The van der Waals surface area contributed by atoms with Crippen molar-refractivity contribution in [2.75, 3.05) is 26.2 Å². The Bertz CT molecular complexity index is 344. The van der Waals surface area contributed by atoms with E-state index in [0.717, 1.165) is 30.1 Å². The van der Waals surface area contributed by atoms with Gasteiger partial charge in [0.05, 0.1) is 0 Å². The van der Waals surface area contributed by atoms with Gasteiger partial charge in [-0.2, -0.15) is 0 Å². The number of piperidine rings is 1. The molecule has 0 bridgehead atoms. The van der Waals surface area contributed by atoms with Gasteiger partial charge in [-0.05, 0) is 51.5 Å². The Morgan fingerprint density at radius 2 is 1.86 bits per heavy atom. The smallest absolute Gasteiger partial charge is 0.0223 e. The van der Waals surface area contributed by atoms with E-state index in [0.29, 0.717) is 0 Å². The van der Waals surface area contributed by atoms with E-state index < -0.39 is 0 Å². The molecule has 1 saturated carbocycles. The average Bonchev–Trinajstić information content (AvgIpc) is 2.90. The molecule has 3 saturated heterocycles. The second kappa shape index (κ2) is 6.17. The van der Waals surface area contributed by atoms with Gasteiger partial charge in [0.15, 0.2) is 0 Å². The minimum absolute atomic E-state index is 0.753. The number of hydrogen-bond acceptors (Lipinski definition) is 3. The van der Waals surface area contributed by atoms with Crippen LogP contribution >= 0.6 is 0 Å². The SMILES string of the molecule is CC1CN2CCCCC2CN1CC1CC2CCCCC2N1. The van der Waals surface area contributed by atoms with Crippen LogP contribution in [0.3, 0.4) is 0 Å². The van der Waals surface area contributed by atoms with Gasteiger partial charge < -0.3 is 5.32 Å². The quantitative estimate of drug-likeness (QED) is 0.843. The van der Waals surface area contributed by atoms with Crippen molar-refractivity contribution in [3.63, 3.8) is 0 Å². The molecule has 0 aromatic heterocycles. The molecule has 4 fully saturated rings.